The van der Waals surface area contributed by atoms with E-state index in [2.05, 4.69) is 38.7 Å². The lowest BCUT2D eigenvalue weighted by Gasteiger charge is -2.16. The van der Waals surface area contributed by atoms with Gasteiger partial charge in [0.15, 0.2) is 8.32 Å². The van der Waals surface area contributed by atoms with Crippen LogP contribution in [0.4, 0.5) is 0 Å². The third-order valence-corrected chi connectivity index (χ3v) is 4.26. The van der Waals surface area contributed by atoms with Crippen LogP contribution in [-0.2, 0) is 4.43 Å². The van der Waals surface area contributed by atoms with E-state index in [1.807, 2.05) is 0 Å². The van der Waals surface area contributed by atoms with Gasteiger partial charge in [-0.05, 0) is 51.7 Å². The minimum absolute atomic E-state index is 0.975. The van der Waals surface area contributed by atoms with Gasteiger partial charge in [0.05, 0.1) is 0 Å². The van der Waals surface area contributed by atoms with Gasteiger partial charge in [0, 0.05) is 6.61 Å². The standard InChI is InChI=1S/C17H36OSi/c1-5-6-7-8-9-10-11-12-13-14-15-16-17-18-19(2,3)4/h10-11H,5-9,12-17H2,1-4H3/b11-10+. The molecule has 0 atom stereocenters. The van der Waals surface area contributed by atoms with Gasteiger partial charge < -0.3 is 4.43 Å². The molecular formula is C17H36OSi. The molecule has 0 aromatic carbocycles. The monoisotopic (exact) mass is 284 g/mol. The summed E-state index contributed by atoms with van der Waals surface area (Å²) in [5.74, 6) is 0. The van der Waals surface area contributed by atoms with Crippen molar-refractivity contribution in [3.8, 4) is 0 Å². The van der Waals surface area contributed by atoms with Gasteiger partial charge in [-0.1, -0.05) is 51.2 Å². The van der Waals surface area contributed by atoms with Crippen molar-refractivity contribution >= 4 is 8.32 Å². The van der Waals surface area contributed by atoms with Crippen molar-refractivity contribution in [1.82, 2.24) is 0 Å². The Morgan fingerprint density at radius 2 is 1.26 bits per heavy atom. The van der Waals surface area contributed by atoms with Gasteiger partial charge in [-0.3, -0.25) is 0 Å². The SMILES string of the molecule is CCCCCC/C=C/CCCCCCO[Si](C)(C)C. The molecule has 0 aromatic rings. The second-order valence-corrected chi connectivity index (χ2v) is 11.0. The molecule has 0 aromatic heterocycles. The molecule has 0 aliphatic rings. The highest BCUT2D eigenvalue weighted by Gasteiger charge is 2.12. The van der Waals surface area contributed by atoms with Crippen LogP contribution in [-0.4, -0.2) is 14.9 Å². The second kappa shape index (κ2) is 12.9. The van der Waals surface area contributed by atoms with E-state index in [0.717, 1.165) is 6.61 Å². The van der Waals surface area contributed by atoms with Crippen LogP contribution < -0.4 is 0 Å². The van der Waals surface area contributed by atoms with E-state index in [0.29, 0.717) is 0 Å². The molecule has 0 unspecified atom stereocenters. The molecule has 2 heteroatoms. The Bertz CT molecular complexity index is 206. The van der Waals surface area contributed by atoms with Crippen molar-refractivity contribution in [3.63, 3.8) is 0 Å². The van der Waals surface area contributed by atoms with Crippen molar-refractivity contribution in [1.29, 1.82) is 0 Å². The fourth-order valence-corrected chi connectivity index (χ4v) is 2.78. The molecule has 0 aliphatic carbocycles. The lowest BCUT2D eigenvalue weighted by Crippen LogP contribution is -2.25. The molecule has 0 fully saturated rings. The van der Waals surface area contributed by atoms with Crippen molar-refractivity contribution in [2.45, 2.75) is 90.8 Å². The molecule has 0 radical (unpaired) electrons. The summed E-state index contributed by atoms with van der Waals surface area (Å²) in [4.78, 5) is 0. The summed E-state index contributed by atoms with van der Waals surface area (Å²) in [6.07, 6.45) is 18.1. The van der Waals surface area contributed by atoms with E-state index in [1.54, 1.807) is 0 Å². The van der Waals surface area contributed by atoms with Gasteiger partial charge in [0.2, 0.25) is 0 Å². The topological polar surface area (TPSA) is 9.23 Å². The lowest BCUT2D eigenvalue weighted by molar-refractivity contribution is 0.298. The molecule has 0 saturated heterocycles. The molecule has 0 N–H and O–H groups in total. The Balaban J connectivity index is 3.12. The quantitative estimate of drug-likeness (QED) is 0.218. The number of unbranched alkanes of at least 4 members (excludes halogenated alkanes) is 8. The van der Waals surface area contributed by atoms with Crippen molar-refractivity contribution in [3.05, 3.63) is 12.2 Å². The molecule has 19 heavy (non-hydrogen) atoms. The first-order chi connectivity index (χ1) is 9.06. The number of rotatable bonds is 13. The van der Waals surface area contributed by atoms with Crippen LogP contribution >= 0.6 is 0 Å². The highest BCUT2D eigenvalue weighted by Crippen LogP contribution is 2.08. The van der Waals surface area contributed by atoms with E-state index in [-0.39, 0.29) is 0 Å². The molecule has 0 spiro atoms. The lowest BCUT2D eigenvalue weighted by atomic mass is 10.1. The highest BCUT2D eigenvalue weighted by atomic mass is 28.4. The van der Waals surface area contributed by atoms with Crippen LogP contribution in [0.5, 0.6) is 0 Å². The maximum absolute atomic E-state index is 5.85. The largest absolute Gasteiger partial charge is 0.418 e. The summed E-state index contributed by atoms with van der Waals surface area (Å²) >= 11 is 0. The second-order valence-electron chi connectivity index (χ2n) is 6.48. The summed E-state index contributed by atoms with van der Waals surface area (Å²) in [5, 5.41) is 0. The number of hydrogen-bond acceptors (Lipinski definition) is 1. The zero-order chi connectivity index (χ0) is 14.4. The summed E-state index contributed by atoms with van der Waals surface area (Å²) in [5.41, 5.74) is 0. The minimum atomic E-state index is -1.27. The van der Waals surface area contributed by atoms with E-state index < -0.39 is 8.32 Å². The summed E-state index contributed by atoms with van der Waals surface area (Å²) in [7, 11) is -1.27. The third-order valence-electron chi connectivity index (χ3n) is 3.19. The average Bonchev–Trinajstić information content (AvgIpc) is 2.34. The van der Waals surface area contributed by atoms with Crippen LogP contribution in [0.2, 0.25) is 19.6 Å². The van der Waals surface area contributed by atoms with Gasteiger partial charge in [0.1, 0.15) is 0 Å². The minimum Gasteiger partial charge on any atom is -0.418 e. The zero-order valence-electron chi connectivity index (χ0n) is 13.8. The maximum Gasteiger partial charge on any atom is 0.183 e. The third kappa shape index (κ3) is 17.9. The van der Waals surface area contributed by atoms with Gasteiger partial charge in [-0.2, -0.15) is 0 Å². The Kier molecular flexibility index (Phi) is 12.9. The molecule has 0 saturated carbocycles. The predicted molar refractivity (Wildman–Crippen MR) is 90.3 cm³/mol. The average molecular weight is 285 g/mol. The molecule has 0 rings (SSSR count). The van der Waals surface area contributed by atoms with Gasteiger partial charge >= 0.3 is 0 Å². The highest BCUT2D eigenvalue weighted by molar-refractivity contribution is 6.69. The van der Waals surface area contributed by atoms with E-state index >= 15 is 0 Å². The molecule has 0 bridgehead atoms. The molecule has 0 aliphatic heterocycles. The predicted octanol–water partition coefficient (Wildman–Crippen LogP) is 6.32. The van der Waals surface area contributed by atoms with Gasteiger partial charge in [-0.15, -0.1) is 0 Å². The molecular weight excluding hydrogens is 248 g/mol. The fraction of sp³-hybridized carbons (Fsp3) is 0.882. The van der Waals surface area contributed by atoms with Crippen molar-refractivity contribution in [2.75, 3.05) is 6.61 Å². The summed E-state index contributed by atoms with van der Waals surface area (Å²) in [6.45, 7) is 10.0. The van der Waals surface area contributed by atoms with E-state index in [1.165, 1.54) is 64.2 Å². The van der Waals surface area contributed by atoms with Gasteiger partial charge in [-0.25, -0.2) is 0 Å². The Hall–Kier alpha value is -0.0831. The summed E-state index contributed by atoms with van der Waals surface area (Å²) < 4.78 is 5.85. The molecule has 0 heterocycles. The summed E-state index contributed by atoms with van der Waals surface area (Å²) in [6, 6.07) is 0. The van der Waals surface area contributed by atoms with Crippen LogP contribution in [0.1, 0.15) is 71.1 Å². The van der Waals surface area contributed by atoms with Crippen molar-refractivity contribution in [2.24, 2.45) is 0 Å². The van der Waals surface area contributed by atoms with Crippen LogP contribution in [0.25, 0.3) is 0 Å². The Labute approximate surface area is 123 Å². The number of hydrogen-bond donors (Lipinski definition) is 0. The van der Waals surface area contributed by atoms with Crippen LogP contribution in [0, 0.1) is 0 Å². The fourth-order valence-electron chi connectivity index (χ4n) is 2.02. The Morgan fingerprint density at radius 1 is 0.737 bits per heavy atom. The first-order valence-electron chi connectivity index (χ1n) is 8.35. The first kappa shape index (κ1) is 18.9. The van der Waals surface area contributed by atoms with Crippen LogP contribution in [0.3, 0.4) is 0 Å². The maximum atomic E-state index is 5.85. The molecule has 1 nitrogen and oxygen atoms in total. The Morgan fingerprint density at radius 3 is 1.79 bits per heavy atom. The first-order valence-corrected chi connectivity index (χ1v) is 11.8. The smallest absolute Gasteiger partial charge is 0.183 e. The molecule has 114 valence electrons. The molecule has 0 amide bonds. The normalized spacial score (nSPS) is 12.4. The van der Waals surface area contributed by atoms with Gasteiger partial charge in [0.25, 0.3) is 0 Å². The van der Waals surface area contributed by atoms with E-state index in [4.69, 9.17) is 4.43 Å². The number of allylic oxidation sites excluding steroid dienone is 2. The van der Waals surface area contributed by atoms with E-state index in [9.17, 15) is 0 Å². The zero-order valence-corrected chi connectivity index (χ0v) is 14.8. The van der Waals surface area contributed by atoms with Crippen molar-refractivity contribution < 1.29 is 4.43 Å². The van der Waals surface area contributed by atoms with Crippen LogP contribution in [0.15, 0.2) is 12.2 Å².